The number of carbonyl (C=O) groups excluding carboxylic acids is 1. The monoisotopic (exact) mass is 712 g/mol. The molecule has 0 bridgehead atoms. The van der Waals surface area contributed by atoms with Crippen LogP contribution in [0.4, 0.5) is 0 Å². The first-order valence-corrected chi connectivity index (χ1v) is 18.7. The van der Waals surface area contributed by atoms with E-state index in [0.717, 1.165) is 55.6 Å². The summed E-state index contributed by atoms with van der Waals surface area (Å²) in [5, 5.41) is 0. The molecule has 0 amide bonds. The maximum Gasteiger partial charge on any atom is 0.330 e. The van der Waals surface area contributed by atoms with Crippen molar-refractivity contribution in [2.24, 2.45) is 11.1 Å². The highest BCUT2D eigenvalue weighted by atomic mass is 16.6. The van der Waals surface area contributed by atoms with E-state index in [0.29, 0.717) is 39.6 Å². The van der Waals surface area contributed by atoms with Gasteiger partial charge in [0.05, 0.1) is 36.6 Å². The Morgan fingerprint density at radius 1 is 0.686 bits per heavy atom. The highest BCUT2D eigenvalue weighted by molar-refractivity contribution is 5.81. The van der Waals surface area contributed by atoms with Crippen LogP contribution in [0.3, 0.4) is 0 Å². The summed E-state index contributed by atoms with van der Waals surface area (Å²) in [6, 6.07) is 17.9. The number of hydrogen-bond donors (Lipinski definition) is 1. The van der Waals surface area contributed by atoms with Crippen LogP contribution in [0.25, 0.3) is 0 Å². The van der Waals surface area contributed by atoms with E-state index in [1.54, 1.807) is 0 Å². The van der Waals surface area contributed by atoms with Gasteiger partial charge >= 0.3 is 5.97 Å². The number of esters is 1. The SMILES string of the molecule is C=CC(=O)OC(C)(C)C(COC(C)(C)C(C)(C)CCCCOC(C)(C)CCOc1ccc(OCCC(C)(C)OCCCN)cc1)c1ccccc1. The molecule has 2 aromatic rings. The third-order valence-corrected chi connectivity index (χ3v) is 10.1. The highest BCUT2D eigenvalue weighted by Gasteiger charge is 2.41. The van der Waals surface area contributed by atoms with E-state index in [-0.39, 0.29) is 22.5 Å². The van der Waals surface area contributed by atoms with Crippen molar-refractivity contribution in [3.05, 3.63) is 72.8 Å². The van der Waals surface area contributed by atoms with Crippen molar-refractivity contribution >= 4 is 5.97 Å². The van der Waals surface area contributed by atoms with Gasteiger partial charge in [-0.25, -0.2) is 4.79 Å². The molecule has 51 heavy (non-hydrogen) atoms. The molecule has 0 aliphatic carbocycles. The number of unbranched alkanes of at least 4 members (excludes halogenated alkanes) is 1. The normalized spacial score (nSPS) is 13.5. The summed E-state index contributed by atoms with van der Waals surface area (Å²) in [5.41, 5.74) is 4.79. The van der Waals surface area contributed by atoms with E-state index in [4.69, 9.17) is 34.2 Å². The van der Waals surface area contributed by atoms with Crippen LogP contribution in [0.1, 0.15) is 119 Å². The maximum atomic E-state index is 12.1. The Morgan fingerprint density at radius 2 is 1.20 bits per heavy atom. The van der Waals surface area contributed by atoms with Crippen LogP contribution in [0.15, 0.2) is 67.3 Å². The van der Waals surface area contributed by atoms with Crippen molar-refractivity contribution < 1.29 is 33.2 Å². The van der Waals surface area contributed by atoms with E-state index in [9.17, 15) is 4.79 Å². The fourth-order valence-electron chi connectivity index (χ4n) is 5.60. The minimum absolute atomic E-state index is 0.102. The van der Waals surface area contributed by atoms with Gasteiger partial charge in [-0.15, -0.1) is 0 Å². The number of hydrogen-bond acceptors (Lipinski definition) is 8. The molecular formula is C43H69NO7. The summed E-state index contributed by atoms with van der Waals surface area (Å²) in [6.45, 7) is 28.2. The van der Waals surface area contributed by atoms with E-state index in [2.05, 4.69) is 74.1 Å². The van der Waals surface area contributed by atoms with Gasteiger partial charge in [0.1, 0.15) is 17.1 Å². The van der Waals surface area contributed by atoms with Crippen LogP contribution >= 0.6 is 0 Å². The Balaban J connectivity index is 1.75. The molecule has 0 heterocycles. The lowest BCUT2D eigenvalue weighted by atomic mass is 9.73. The van der Waals surface area contributed by atoms with Crippen molar-refractivity contribution in [2.75, 3.05) is 39.6 Å². The average Bonchev–Trinajstić information content (AvgIpc) is 3.05. The summed E-state index contributed by atoms with van der Waals surface area (Å²) in [7, 11) is 0. The summed E-state index contributed by atoms with van der Waals surface area (Å²) in [6.07, 6.45) is 6.60. The molecule has 0 fully saturated rings. The minimum atomic E-state index is -0.778. The number of nitrogens with two attached hydrogens (primary N) is 1. The first kappa shape index (κ1) is 44.3. The van der Waals surface area contributed by atoms with Crippen LogP contribution in [0, 0.1) is 5.41 Å². The zero-order valence-corrected chi connectivity index (χ0v) is 33.5. The number of benzene rings is 2. The van der Waals surface area contributed by atoms with Crippen LogP contribution in [-0.2, 0) is 23.7 Å². The third kappa shape index (κ3) is 16.1. The molecule has 1 atom stereocenters. The van der Waals surface area contributed by atoms with E-state index < -0.39 is 17.2 Å². The van der Waals surface area contributed by atoms with Crippen molar-refractivity contribution in [3.8, 4) is 11.5 Å². The molecule has 0 spiro atoms. The topological polar surface area (TPSA) is 98.5 Å². The van der Waals surface area contributed by atoms with Crippen molar-refractivity contribution in [1.29, 1.82) is 0 Å². The Hall–Kier alpha value is -2.91. The predicted molar refractivity (Wildman–Crippen MR) is 208 cm³/mol. The average molecular weight is 712 g/mol. The molecule has 0 aliphatic rings. The van der Waals surface area contributed by atoms with Crippen molar-refractivity contribution in [3.63, 3.8) is 0 Å². The van der Waals surface area contributed by atoms with Gasteiger partial charge in [0.25, 0.3) is 0 Å². The molecule has 2 rings (SSSR count). The molecule has 0 saturated carbocycles. The highest BCUT2D eigenvalue weighted by Crippen LogP contribution is 2.41. The first-order chi connectivity index (χ1) is 23.8. The van der Waals surface area contributed by atoms with Crippen LogP contribution < -0.4 is 15.2 Å². The predicted octanol–water partition coefficient (Wildman–Crippen LogP) is 9.45. The fourth-order valence-corrected chi connectivity index (χ4v) is 5.60. The molecule has 8 heteroatoms. The number of rotatable bonds is 26. The second-order valence-corrected chi connectivity index (χ2v) is 16.4. The smallest absolute Gasteiger partial charge is 0.330 e. The summed E-state index contributed by atoms with van der Waals surface area (Å²) in [4.78, 5) is 12.1. The molecule has 0 aromatic heterocycles. The number of carbonyl (C=O) groups is 1. The number of ether oxygens (including phenoxy) is 6. The van der Waals surface area contributed by atoms with Gasteiger partial charge in [0.2, 0.25) is 0 Å². The third-order valence-electron chi connectivity index (χ3n) is 10.1. The van der Waals surface area contributed by atoms with Crippen LogP contribution in [0.2, 0.25) is 0 Å². The van der Waals surface area contributed by atoms with Gasteiger partial charge in [0, 0.05) is 38.0 Å². The summed E-state index contributed by atoms with van der Waals surface area (Å²) >= 11 is 0. The van der Waals surface area contributed by atoms with Gasteiger partial charge in [-0.1, -0.05) is 57.2 Å². The lowest BCUT2D eigenvalue weighted by molar-refractivity contribution is -0.159. The van der Waals surface area contributed by atoms with Crippen LogP contribution in [0.5, 0.6) is 11.5 Å². The zero-order valence-electron chi connectivity index (χ0n) is 33.5. The van der Waals surface area contributed by atoms with E-state index in [1.165, 1.54) is 6.08 Å². The largest absolute Gasteiger partial charge is 0.493 e. The summed E-state index contributed by atoms with van der Waals surface area (Å²) in [5.74, 6) is 1.04. The van der Waals surface area contributed by atoms with Gasteiger partial charge in [-0.05, 0) is 116 Å². The van der Waals surface area contributed by atoms with Crippen LogP contribution in [-0.4, -0.2) is 68.0 Å². The quantitative estimate of drug-likeness (QED) is 0.0586. The fraction of sp³-hybridized carbons (Fsp3) is 0.651. The molecule has 8 nitrogen and oxygen atoms in total. The lowest BCUT2D eigenvalue weighted by Crippen LogP contribution is -2.45. The standard InChI is InChI=1S/C43H69NO7/c1-12-38(45)51-42(8,9)37(34-19-14-13-15-20-34)33-50-43(10,11)39(2,3)25-16-17-29-48-40(4,5)26-31-46-35-21-23-36(24-22-35)47-32-27-41(6,7)49-30-18-28-44/h12-15,19-24,37H,1,16-18,25-33,44H2,2-11H3. The molecule has 288 valence electrons. The second kappa shape index (κ2) is 20.4. The Bertz CT molecular complexity index is 1290. The molecule has 2 aromatic carbocycles. The van der Waals surface area contributed by atoms with Crippen molar-refractivity contribution in [1.82, 2.24) is 0 Å². The Morgan fingerprint density at radius 3 is 1.69 bits per heavy atom. The van der Waals surface area contributed by atoms with E-state index in [1.807, 2.05) is 56.3 Å². The van der Waals surface area contributed by atoms with E-state index >= 15 is 0 Å². The maximum absolute atomic E-state index is 12.1. The Kier molecular flexibility index (Phi) is 17.7. The second-order valence-electron chi connectivity index (χ2n) is 16.4. The lowest BCUT2D eigenvalue weighted by Gasteiger charge is -2.44. The first-order valence-electron chi connectivity index (χ1n) is 18.7. The molecular weight excluding hydrogens is 642 g/mol. The minimum Gasteiger partial charge on any atom is -0.493 e. The Labute approximate surface area is 309 Å². The van der Waals surface area contributed by atoms with Gasteiger partial charge < -0.3 is 34.2 Å². The molecule has 2 N–H and O–H groups in total. The molecule has 1 unspecified atom stereocenters. The molecule has 0 saturated heterocycles. The molecule has 0 aliphatic heterocycles. The molecule has 0 radical (unpaired) electrons. The van der Waals surface area contributed by atoms with Gasteiger partial charge in [-0.3, -0.25) is 0 Å². The summed E-state index contributed by atoms with van der Waals surface area (Å²) < 4.78 is 36.6. The van der Waals surface area contributed by atoms with Gasteiger partial charge in [-0.2, -0.15) is 0 Å². The zero-order chi connectivity index (χ0) is 38.2. The van der Waals surface area contributed by atoms with Gasteiger partial charge in [0.15, 0.2) is 0 Å². The van der Waals surface area contributed by atoms with Crippen molar-refractivity contribution in [2.45, 2.75) is 136 Å².